The minimum Gasteiger partial charge on any atom is -0.380 e. The van der Waals surface area contributed by atoms with Gasteiger partial charge in [0.2, 0.25) is 5.91 Å². The molecule has 0 aliphatic rings. The van der Waals surface area contributed by atoms with Gasteiger partial charge in [0.15, 0.2) is 0 Å². The lowest BCUT2D eigenvalue weighted by Crippen LogP contribution is -2.41. The van der Waals surface area contributed by atoms with Crippen LogP contribution in [0.15, 0.2) is 0 Å². The molecule has 0 fully saturated rings. The average Bonchev–Trinajstić information content (AvgIpc) is 1.98. The molecule has 0 saturated heterocycles. The maximum absolute atomic E-state index is 10.3. The maximum Gasteiger partial charge on any atom is 0.231 e. The summed E-state index contributed by atoms with van der Waals surface area (Å²) in [4.78, 5) is 10.3. The number of nitrogens with two attached hydrogens (primary N) is 1. The van der Waals surface area contributed by atoms with Gasteiger partial charge in [-0.2, -0.15) is 0 Å². The van der Waals surface area contributed by atoms with Crippen LogP contribution < -0.4 is 11.1 Å². The average molecular weight is 160 g/mol. The summed E-state index contributed by atoms with van der Waals surface area (Å²) >= 11 is 0. The molecule has 4 heteroatoms. The van der Waals surface area contributed by atoms with E-state index in [1.165, 1.54) is 0 Å². The quantitative estimate of drug-likeness (QED) is 0.569. The summed E-state index contributed by atoms with van der Waals surface area (Å²) in [7, 11) is 1.63. The number of hydrogen-bond donors (Lipinski definition) is 2. The van der Waals surface area contributed by atoms with E-state index in [-0.39, 0.29) is 24.6 Å². The lowest BCUT2D eigenvalue weighted by atomic mass is 10.2. The minimum atomic E-state index is -0.347. The highest BCUT2D eigenvalue weighted by Crippen LogP contribution is 1.94. The summed E-state index contributed by atoms with van der Waals surface area (Å²) in [6.45, 7) is 4.07. The summed E-state index contributed by atoms with van der Waals surface area (Å²) in [6, 6.07) is 0.146. The van der Waals surface area contributed by atoms with Crippen molar-refractivity contribution in [2.45, 2.75) is 26.0 Å². The Labute approximate surface area is 67.1 Å². The molecule has 0 heterocycles. The van der Waals surface area contributed by atoms with Crippen molar-refractivity contribution in [3.63, 3.8) is 0 Å². The molecule has 0 bridgehead atoms. The first-order valence-electron chi connectivity index (χ1n) is 3.62. The molecule has 0 aromatic carbocycles. The molecule has 0 rings (SSSR count). The fourth-order valence-electron chi connectivity index (χ4n) is 0.632. The van der Waals surface area contributed by atoms with Crippen LogP contribution >= 0.6 is 0 Å². The van der Waals surface area contributed by atoms with Crippen molar-refractivity contribution >= 4 is 5.91 Å². The monoisotopic (exact) mass is 160 g/mol. The van der Waals surface area contributed by atoms with Gasteiger partial charge in [-0.15, -0.1) is 0 Å². The molecule has 11 heavy (non-hydrogen) atoms. The second-order valence-corrected chi connectivity index (χ2v) is 2.58. The lowest BCUT2D eigenvalue weighted by molar-refractivity contribution is -0.117. The van der Waals surface area contributed by atoms with Gasteiger partial charge >= 0.3 is 0 Å². The number of ether oxygens (including phenoxy) is 1. The van der Waals surface area contributed by atoms with Crippen LogP contribution in [0.1, 0.15) is 13.8 Å². The predicted octanol–water partition coefficient (Wildman–Crippen LogP) is -0.515. The van der Waals surface area contributed by atoms with Gasteiger partial charge in [-0.25, -0.2) is 0 Å². The van der Waals surface area contributed by atoms with Gasteiger partial charge in [0.1, 0.15) is 0 Å². The minimum absolute atomic E-state index is 0.0920. The predicted molar refractivity (Wildman–Crippen MR) is 43.1 cm³/mol. The third-order valence-electron chi connectivity index (χ3n) is 1.67. The van der Waals surface area contributed by atoms with Gasteiger partial charge in [-0.05, 0) is 13.8 Å². The first kappa shape index (κ1) is 10.4. The Balaban J connectivity index is 3.51. The molecule has 0 radical (unpaired) electrons. The number of primary amides is 1. The van der Waals surface area contributed by atoms with Crippen LogP contribution in [0.3, 0.4) is 0 Å². The summed E-state index contributed by atoms with van der Waals surface area (Å²) < 4.78 is 5.03. The topological polar surface area (TPSA) is 64.3 Å². The highest BCUT2D eigenvalue weighted by Gasteiger charge is 2.10. The number of carbonyl (C=O) groups is 1. The van der Waals surface area contributed by atoms with Crippen molar-refractivity contribution in [2.75, 3.05) is 13.7 Å². The molecule has 0 aliphatic heterocycles. The number of carbonyl (C=O) groups excluding carboxylic acids is 1. The number of hydrogen-bond acceptors (Lipinski definition) is 3. The maximum atomic E-state index is 10.3. The first-order chi connectivity index (χ1) is 5.07. The zero-order valence-electron chi connectivity index (χ0n) is 7.26. The molecule has 0 spiro atoms. The summed E-state index contributed by atoms with van der Waals surface area (Å²) in [6.07, 6.45) is 0.0920. The van der Waals surface area contributed by atoms with Crippen molar-refractivity contribution in [3.8, 4) is 0 Å². The summed E-state index contributed by atoms with van der Waals surface area (Å²) in [5, 5.41) is 2.93. The van der Waals surface area contributed by atoms with E-state index < -0.39 is 0 Å². The van der Waals surface area contributed by atoms with Crippen molar-refractivity contribution in [1.29, 1.82) is 0 Å². The van der Waals surface area contributed by atoms with Gasteiger partial charge in [0, 0.05) is 13.2 Å². The number of rotatable bonds is 5. The molecule has 2 unspecified atom stereocenters. The normalized spacial score (nSPS) is 15.9. The molecule has 0 aromatic heterocycles. The van der Waals surface area contributed by atoms with E-state index in [2.05, 4.69) is 5.32 Å². The Morgan fingerprint density at radius 1 is 1.64 bits per heavy atom. The van der Waals surface area contributed by atoms with Crippen LogP contribution in [-0.4, -0.2) is 31.7 Å². The van der Waals surface area contributed by atoms with Gasteiger partial charge in [-0.1, -0.05) is 0 Å². The Kier molecular flexibility index (Phi) is 4.81. The van der Waals surface area contributed by atoms with Gasteiger partial charge in [-0.3, -0.25) is 4.79 Å². The number of methoxy groups -OCH3 is 1. The Hall–Kier alpha value is -0.610. The fourth-order valence-corrected chi connectivity index (χ4v) is 0.632. The second kappa shape index (κ2) is 5.09. The number of nitrogens with one attached hydrogen (secondary N) is 1. The van der Waals surface area contributed by atoms with Crippen molar-refractivity contribution in [1.82, 2.24) is 5.32 Å². The van der Waals surface area contributed by atoms with E-state index in [0.717, 1.165) is 0 Å². The van der Waals surface area contributed by atoms with Crippen LogP contribution in [0.25, 0.3) is 0 Å². The SMILES string of the molecule is COC(C)C(C)NCC(N)=O. The van der Waals surface area contributed by atoms with Crippen molar-refractivity contribution in [3.05, 3.63) is 0 Å². The van der Waals surface area contributed by atoms with Crippen LogP contribution in [0.4, 0.5) is 0 Å². The third-order valence-corrected chi connectivity index (χ3v) is 1.67. The standard InChI is InChI=1S/C7H16N2O2/c1-5(6(2)11-3)9-4-7(8)10/h5-6,9H,4H2,1-3H3,(H2,8,10). The van der Waals surface area contributed by atoms with E-state index in [1.54, 1.807) is 7.11 Å². The van der Waals surface area contributed by atoms with Crippen molar-refractivity contribution < 1.29 is 9.53 Å². The molecule has 66 valence electrons. The second-order valence-electron chi connectivity index (χ2n) is 2.58. The zero-order valence-corrected chi connectivity index (χ0v) is 7.26. The number of amides is 1. The van der Waals surface area contributed by atoms with Gasteiger partial charge < -0.3 is 15.8 Å². The first-order valence-corrected chi connectivity index (χ1v) is 3.62. The van der Waals surface area contributed by atoms with Crippen LogP contribution in [0.2, 0.25) is 0 Å². The highest BCUT2D eigenvalue weighted by molar-refractivity contribution is 5.75. The van der Waals surface area contributed by atoms with E-state index in [9.17, 15) is 4.79 Å². The lowest BCUT2D eigenvalue weighted by Gasteiger charge is -2.18. The van der Waals surface area contributed by atoms with Crippen LogP contribution in [-0.2, 0) is 9.53 Å². The van der Waals surface area contributed by atoms with E-state index >= 15 is 0 Å². The van der Waals surface area contributed by atoms with Crippen LogP contribution in [0.5, 0.6) is 0 Å². The van der Waals surface area contributed by atoms with Gasteiger partial charge in [0.05, 0.1) is 12.6 Å². The van der Waals surface area contributed by atoms with E-state index in [1.807, 2.05) is 13.8 Å². The molecule has 0 aliphatic carbocycles. The summed E-state index contributed by atoms with van der Waals surface area (Å²) in [5.74, 6) is -0.347. The Morgan fingerprint density at radius 3 is 2.55 bits per heavy atom. The molecule has 3 N–H and O–H groups in total. The molecular formula is C7H16N2O2. The smallest absolute Gasteiger partial charge is 0.231 e. The zero-order chi connectivity index (χ0) is 8.85. The van der Waals surface area contributed by atoms with E-state index in [4.69, 9.17) is 10.5 Å². The Morgan fingerprint density at radius 2 is 2.18 bits per heavy atom. The fraction of sp³-hybridized carbons (Fsp3) is 0.857. The molecule has 1 amide bonds. The third kappa shape index (κ3) is 4.75. The van der Waals surface area contributed by atoms with E-state index in [0.29, 0.717) is 0 Å². The molecule has 2 atom stereocenters. The van der Waals surface area contributed by atoms with Crippen molar-refractivity contribution in [2.24, 2.45) is 5.73 Å². The van der Waals surface area contributed by atoms with Crippen LogP contribution in [0, 0.1) is 0 Å². The largest absolute Gasteiger partial charge is 0.380 e. The highest BCUT2D eigenvalue weighted by atomic mass is 16.5. The summed E-state index contributed by atoms with van der Waals surface area (Å²) in [5.41, 5.74) is 4.94. The molecular weight excluding hydrogens is 144 g/mol. The van der Waals surface area contributed by atoms with Gasteiger partial charge in [0.25, 0.3) is 0 Å². The molecule has 0 saturated carbocycles. The Bertz CT molecular complexity index is 128. The molecule has 4 nitrogen and oxygen atoms in total. The molecule has 0 aromatic rings.